The third-order valence-electron chi connectivity index (χ3n) is 13.3. The molecule has 0 atom stereocenters. The standard InChI is InChI=1S/C60H32N10O2.2Pt/c1-5-17-49-43(15-1)45-27-23-37(33-53(45)67(49)57-21-9-11-31-61-57)71-39-25-29-47-48-30-26-40(72-38-24-28-46-44-16-2-6-18-50(44)68(54(46)34-38)58-22-10-12-32-62-58)36-56(48)70(55(47)35-39)60-65-63-59(64-66-60)69-51-19-7-3-13-41(51)42-14-4-8-20-52(42)69;;/h1-32H;;/q-4;2*+2. The maximum atomic E-state index is 6.64. The van der Waals surface area contributed by atoms with Gasteiger partial charge >= 0.3 is 42.1 Å². The van der Waals surface area contributed by atoms with Crippen LogP contribution in [0.4, 0.5) is 0 Å². The first-order chi connectivity index (χ1) is 35.7. The van der Waals surface area contributed by atoms with Crippen molar-refractivity contribution in [1.29, 1.82) is 0 Å². The number of fused-ring (bicyclic) bond motifs is 12. The van der Waals surface area contributed by atoms with Gasteiger partial charge in [-0.15, -0.1) is 79.7 Å². The SMILES string of the molecule is [Pt+2].[Pt+2].[c-]1c(Oc2[c-]c3c(cc2)c2ccccc2n3-c2ccccn2)ccc2c3ccc(Oc4[c-]c5c(cc4)c4ccccc4n5-c4ccccn4)[c-]c3n(-c3nnc(-n4c5ccccc5c5ccccc54)nn3)c12. The average Bonchev–Trinajstić information content (AvgIpc) is 4.16. The van der Waals surface area contributed by atoms with Crippen molar-refractivity contribution in [2.45, 2.75) is 0 Å². The van der Waals surface area contributed by atoms with Crippen LogP contribution < -0.4 is 9.47 Å². The van der Waals surface area contributed by atoms with Crippen LogP contribution in [0.1, 0.15) is 0 Å². The molecule has 0 unspecified atom stereocenters. The number of pyridine rings is 2. The van der Waals surface area contributed by atoms with Crippen molar-refractivity contribution in [3.8, 4) is 46.5 Å². The van der Waals surface area contributed by atoms with Gasteiger partial charge in [0.15, 0.2) is 0 Å². The van der Waals surface area contributed by atoms with Gasteiger partial charge in [0.25, 0.3) is 11.9 Å². The van der Waals surface area contributed by atoms with Crippen LogP contribution in [0.25, 0.3) is 111 Å². The number of nitrogens with zero attached hydrogens (tertiary/aromatic N) is 10. The predicted octanol–water partition coefficient (Wildman–Crippen LogP) is 13.2. The Labute approximate surface area is 449 Å². The third-order valence-corrected chi connectivity index (χ3v) is 13.3. The molecule has 0 saturated carbocycles. The van der Waals surface area contributed by atoms with E-state index in [0.717, 1.165) is 87.8 Å². The zero-order chi connectivity index (χ0) is 47.3. The molecule has 0 amide bonds. The normalized spacial score (nSPS) is 11.6. The Morgan fingerprint density at radius 3 is 0.946 bits per heavy atom. The Balaban J connectivity index is 0.00000264. The molecule has 15 aromatic rings. The minimum atomic E-state index is 0. The van der Waals surface area contributed by atoms with E-state index in [1.54, 1.807) is 12.4 Å². The quantitative estimate of drug-likeness (QED) is 0.138. The van der Waals surface area contributed by atoms with Gasteiger partial charge in [0.2, 0.25) is 0 Å². The van der Waals surface area contributed by atoms with E-state index < -0.39 is 0 Å². The summed E-state index contributed by atoms with van der Waals surface area (Å²) in [6.07, 6.45) is 3.59. The van der Waals surface area contributed by atoms with Gasteiger partial charge in [0.05, 0.1) is 11.0 Å². The minimum Gasteiger partial charge on any atom is -0.509 e. The summed E-state index contributed by atoms with van der Waals surface area (Å²) in [6.45, 7) is 0. The van der Waals surface area contributed by atoms with Gasteiger partial charge in [-0.3, -0.25) is 4.57 Å². The second-order valence-corrected chi connectivity index (χ2v) is 17.3. The van der Waals surface area contributed by atoms with E-state index in [1.807, 2.05) is 143 Å². The predicted molar refractivity (Wildman–Crippen MR) is 279 cm³/mol. The van der Waals surface area contributed by atoms with Crippen LogP contribution in [-0.4, -0.2) is 48.6 Å². The molecule has 0 saturated heterocycles. The fourth-order valence-corrected chi connectivity index (χ4v) is 10.2. The van der Waals surface area contributed by atoms with E-state index in [1.165, 1.54) is 0 Å². The monoisotopic (exact) mass is 1310 g/mol. The van der Waals surface area contributed by atoms with Gasteiger partial charge in [-0.2, -0.15) is 35.0 Å². The Morgan fingerprint density at radius 2 is 0.581 bits per heavy atom. The van der Waals surface area contributed by atoms with Crippen LogP contribution in [0.5, 0.6) is 23.0 Å². The third kappa shape index (κ3) is 7.12. The van der Waals surface area contributed by atoms with E-state index in [4.69, 9.17) is 39.8 Å². The van der Waals surface area contributed by atoms with Crippen molar-refractivity contribution in [2.24, 2.45) is 0 Å². The number of para-hydroxylation sites is 4. The molecule has 0 aliphatic carbocycles. The van der Waals surface area contributed by atoms with Gasteiger partial charge in [0, 0.05) is 57.2 Å². The molecule has 0 fully saturated rings. The van der Waals surface area contributed by atoms with E-state index in [-0.39, 0.29) is 48.1 Å². The van der Waals surface area contributed by atoms with E-state index in [9.17, 15) is 0 Å². The summed E-state index contributed by atoms with van der Waals surface area (Å²) < 4.78 is 21.3. The summed E-state index contributed by atoms with van der Waals surface area (Å²) in [5, 5.41) is 27.1. The zero-order valence-corrected chi connectivity index (χ0v) is 42.9. The maximum Gasteiger partial charge on any atom is 2.00 e. The van der Waals surface area contributed by atoms with Crippen molar-refractivity contribution in [3.05, 3.63) is 219 Å². The first kappa shape index (κ1) is 45.1. The summed E-state index contributed by atoms with van der Waals surface area (Å²) in [5.41, 5.74) is 6.87. The Kier molecular flexibility index (Phi) is 11.0. The molecule has 7 heterocycles. The van der Waals surface area contributed by atoms with E-state index in [2.05, 4.69) is 81.9 Å². The number of benzene rings is 8. The number of ether oxygens (including phenoxy) is 2. The molecule has 0 radical (unpaired) electrons. The van der Waals surface area contributed by atoms with Crippen LogP contribution in [0.3, 0.4) is 0 Å². The van der Waals surface area contributed by atoms with Crippen molar-refractivity contribution in [1.82, 2.24) is 48.6 Å². The van der Waals surface area contributed by atoms with Gasteiger partial charge < -0.3 is 23.2 Å². The Morgan fingerprint density at radius 1 is 0.284 bits per heavy atom. The second kappa shape index (κ2) is 18.0. The molecule has 0 spiro atoms. The molecule has 8 aromatic carbocycles. The van der Waals surface area contributed by atoms with Crippen LogP contribution in [0.15, 0.2) is 194 Å². The molecule has 12 nitrogen and oxygen atoms in total. The molecular weight excluding hydrogens is 1280 g/mol. The molecule has 14 heteroatoms. The topological polar surface area (TPSA) is 116 Å². The smallest absolute Gasteiger partial charge is 0.509 e. The zero-order valence-electron chi connectivity index (χ0n) is 38.4. The molecule has 15 rings (SSSR count). The number of aromatic nitrogens is 10. The van der Waals surface area contributed by atoms with E-state index >= 15 is 0 Å². The number of hydrogen-bond acceptors (Lipinski definition) is 8. The second-order valence-electron chi connectivity index (χ2n) is 17.3. The molecular formula is C60H32N10O2Pt2. The summed E-state index contributed by atoms with van der Waals surface area (Å²) in [6, 6.07) is 74.7. The first-order valence-corrected chi connectivity index (χ1v) is 23.3. The van der Waals surface area contributed by atoms with Crippen LogP contribution in [0, 0.1) is 24.3 Å². The van der Waals surface area contributed by atoms with Crippen molar-refractivity contribution in [3.63, 3.8) is 0 Å². The summed E-state index contributed by atoms with van der Waals surface area (Å²) >= 11 is 0. The van der Waals surface area contributed by atoms with E-state index in [0.29, 0.717) is 40.0 Å². The Hall–Kier alpha value is -8.82. The minimum absolute atomic E-state index is 0. The summed E-state index contributed by atoms with van der Waals surface area (Å²) in [4.78, 5) is 9.38. The van der Waals surface area contributed by atoms with Crippen molar-refractivity contribution >= 4 is 87.2 Å². The Bertz CT molecular complexity index is 4380. The molecule has 0 aliphatic heterocycles. The number of hydrogen-bond donors (Lipinski definition) is 0. The largest absolute Gasteiger partial charge is 2.00 e. The van der Waals surface area contributed by atoms with Crippen molar-refractivity contribution < 1.29 is 51.6 Å². The molecule has 0 bridgehead atoms. The van der Waals surface area contributed by atoms with Crippen LogP contribution >= 0.6 is 0 Å². The van der Waals surface area contributed by atoms with Gasteiger partial charge in [0.1, 0.15) is 11.6 Å². The average molecular weight is 1320 g/mol. The molecule has 0 N–H and O–H groups in total. The van der Waals surface area contributed by atoms with Gasteiger partial charge in [-0.25, -0.2) is 9.97 Å². The molecule has 7 aromatic heterocycles. The summed E-state index contributed by atoms with van der Waals surface area (Å²) in [5.74, 6) is 4.03. The fraction of sp³-hybridized carbons (Fsp3) is 0. The first-order valence-electron chi connectivity index (χ1n) is 23.3. The van der Waals surface area contributed by atoms with Gasteiger partial charge in [-0.05, 0) is 59.3 Å². The molecule has 354 valence electrons. The van der Waals surface area contributed by atoms with Crippen molar-refractivity contribution in [2.75, 3.05) is 0 Å². The maximum absolute atomic E-state index is 6.64. The number of rotatable bonds is 8. The summed E-state index contributed by atoms with van der Waals surface area (Å²) in [7, 11) is 0. The molecule has 0 aliphatic rings. The molecule has 74 heavy (non-hydrogen) atoms. The van der Waals surface area contributed by atoms with Crippen LogP contribution in [-0.2, 0) is 42.1 Å². The van der Waals surface area contributed by atoms with Crippen LogP contribution in [0.2, 0.25) is 0 Å². The van der Waals surface area contributed by atoms with Gasteiger partial charge in [-0.1, -0.05) is 107 Å². The fourth-order valence-electron chi connectivity index (χ4n) is 10.2.